The molecule has 0 bridgehead atoms. The minimum Gasteiger partial charge on any atom is -0.380 e. The van der Waals surface area contributed by atoms with Gasteiger partial charge >= 0.3 is 0 Å². The van der Waals surface area contributed by atoms with Crippen LogP contribution in [0.5, 0.6) is 0 Å². The molecule has 6 heteroatoms. The van der Waals surface area contributed by atoms with E-state index in [-0.39, 0.29) is 5.91 Å². The van der Waals surface area contributed by atoms with E-state index in [9.17, 15) is 9.90 Å². The molecule has 6 nitrogen and oxygen atoms in total. The van der Waals surface area contributed by atoms with E-state index in [2.05, 4.69) is 15.5 Å². The second-order valence-electron chi connectivity index (χ2n) is 6.15. The lowest BCUT2D eigenvalue weighted by Gasteiger charge is -2.22. The van der Waals surface area contributed by atoms with Gasteiger partial charge in [0.2, 0.25) is 5.89 Å². The van der Waals surface area contributed by atoms with Crippen molar-refractivity contribution in [2.24, 2.45) is 0 Å². The Morgan fingerprint density at radius 2 is 2.04 bits per heavy atom. The lowest BCUT2D eigenvalue weighted by atomic mass is 10.0. The lowest BCUT2D eigenvalue weighted by Crippen LogP contribution is -2.45. The molecule has 0 spiro atoms. The topological polar surface area (TPSA) is 88.2 Å². The highest BCUT2D eigenvalue weighted by Crippen LogP contribution is 2.30. The summed E-state index contributed by atoms with van der Waals surface area (Å²) in [6.45, 7) is 1.77. The Morgan fingerprint density at radius 1 is 1.35 bits per heavy atom. The first kappa shape index (κ1) is 15.7. The van der Waals surface area contributed by atoms with Gasteiger partial charge in [0.25, 0.3) is 5.91 Å². The number of nitrogens with one attached hydrogen (secondary N) is 1. The third kappa shape index (κ3) is 3.59. The van der Waals surface area contributed by atoms with E-state index in [1.807, 2.05) is 30.3 Å². The normalized spacial score (nSPS) is 17.8. The Kier molecular flexibility index (Phi) is 4.43. The highest BCUT2D eigenvalue weighted by molar-refractivity contribution is 5.85. The van der Waals surface area contributed by atoms with Crippen LogP contribution in [-0.2, 0) is 11.2 Å². The molecule has 1 aromatic heterocycles. The van der Waals surface area contributed by atoms with Crippen LogP contribution in [0.1, 0.15) is 55.9 Å². The van der Waals surface area contributed by atoms with Gasteiger partial charge in [0.15, 0.2) is 5.82 Å². The maximum absolute atomic E-state index is 12.2. The summed E-state index contributed by atoms with van der Waals surface area (Å²) < 4.78 is 5.24. The molecule has 1 fully saturated rings. The molecule has 0 aliphatic heterocycles. The molecule has 1 unspecified atom stereocenters. The summed E-state index contributed by atoms with van der Waals surface area (Å²) in [5.74, 6) is 0.572. The summed E-state index contributed by atoms with van der Waals surface area (Å²) in [5, 5.41) is 17.0. The van der Waals surface area contributed by atoms with Crippen molar-refractivity contribution in [2.45, 2.75) is 50.7 Å². The van der Waals surface area contributed by atoms with Crippen LogP contribution in [0.15, 0.2) is 34.9 Å². The first-order valence-corrected chi connectivity index (χ1v) is 7.96. The molecule has 0 saturated heterocycles. The molecule has 3 rings (SSSR count). The smallest absolute Gasteiger partial charge is 0.252 e. The molecule has 1 aliphatic rings. The number of amides is 1. The molecule has 1 aromatic carbocycles. The van der Waals surface area contributed by atoms with E-state index in [1.54, 1.807) is 6.92 Å². The Labute approximate surface area is 134 Å². The van der Waals surface area contributed by atoms with Crippen LogP contribution in [0.3, 0.4) is 0 Å². The molecule has 0 radical (unpaired) electrons. The van der Waals surface area contributed by atoms with Gasteiger partial charge in [0.05, 0.1) is 0 Å². The minimum absolute atomic E-state index is 0.353. The number of nitrogens with zero attached hydrogens (tertiary/aromatic N) is 2. The quantitative estimate of drug-likeness (QED) is 0.882. The maximum atomic E-state index is 12.2. The number of carbonyl (C=O) groups excluding carboxylic acids is 1. The van der Waals surface area contributed by atoms with E-state index in [4.69, 9.17) is 4.52 Å². The summed E-state index contributed by atoms with van der Waals surface area (Å²) in [4.78, 5) is 16.5. The average Bonchev–Trinajstić information content (AvgIpc) is 3.18. The number of benzene rings is 1. The molecule has 1 aliphatic carbocycles. The molecule has 2 N–H and O–H groups in total. The van der Waals surface area contributed by atoms with Crippen LogP contribution >= 0.6 is 0 Å². The highest BCUT2D eigenvalue weighted by Gasteiger charge is 2.39. The number of aromatic nitrogens is 2. The third-order valence-electron chi connectivity index (χ3n) is 4.26. The molecule has 1 amide bonds. The fourth-order valence-corrected chi connectivity index (χ4v) is 2.87. The van der Waals surface area contributed by atoms with Crippen molar-refractivity contribution >= 4 is 5.91 Å². The SMILES string of the molecule is CC(NC(=O)C1(O)CCCC1)c1nc(Cc2ccccc2)no1. The average molecular weight is 315 g/mol. The first-order chi connectivity index (χ1) is 11.1. The second kappa shape index (κ2) is 6.50. The maximum Gasteiger partial charge on any atom is 0.252 e. The summed E-state index contributed by atoms with van der Waals surface area (Å²) in [5.41, 5.74) is -0.155. The summed E-state index contributed by atoms with van der Waals surface area (Å²) in [6.07, 6.45) is 3.35. The molecule has 2 aromatic rings. The standard InChI is InChI=1S/C17H21N3O3/c1-12(18-16(21)17(22)9-5-6-10-17)15-19-14(20-23-15)11-13-7-3-2-4-8-13/h2-4,7-8,12,22H,5-6,9-11H2,1H3,(H,18,21). The Hall–Kier alpha value is -2.21. The molecule has 1 saturated carbocycles. The monoisotopic (exact) mass is 315 g/mol. The van der Waals surface area contributed by atoms with Crippen molar-refractivity contribution in [3.8, 4) is 0 Å². The van der Waals surface area contributed by atoms with Crippen LogP contribution in [0.25, 0.3) is 0 Å². The zero-order chi connectivity index (χ0) is 16.3. The summed E-state index contributed by atoms with van der Waals surface area (Å²) >= 11 is 0. The van der Waals surface area contributed by atoms with Crippen molar-refractivity contribution in [3.05, 3.63) is 47.6 Å². The number of rotatable bonds is 5. The highest BCUT2D eigenvalue weighted by atomic mass is 16.5. The number of carbonyl (C=O) groups is 1. The Balaban J connectivity index is 1.62. The van der Waals surface area contributed by atoms with Crippen molar-refractivity contribution in [2.75, 3.05) is 0 Å². The van der Waals surface area contributed by atoms with E-state index in [0.717, 1.165) is 18.4 Å². The van der Waals surface area contributed by atoms with E-state index in [1.165, 1.54) is 0 Å². The third-order valence-corrected chi connectivity index (χ3v) is 4.26. The number of hydrogen-bond donors (Lipinski definition) is 2. The van der Waals surface area contributed by atoms with Gasteiger partial charge in [-0.15, -0.1) is 0 Å². The zero-order valence-electron chi connectivity index (χ0n) is 13.2. The number of hydrogen-bond acceptors (Lipinski definition) is 5. The van der Waals surface area contributed by atoms with Gasteiger partial charge in [-0.05, 0) is 38.2 Å². The predicted octanol–water partition coefficient (Wildman–Crippen LogP) is 2.14. The molecular formula is C17H21N3O3. The van der Waals surface area contributed by atoms with E-state index < -0.39 is 11.6 Å². The van der Waals surface area contributed by atoms with Crippen LogP contribution in [0, 0.1) is 0 Å². The summed E-state index contributed by atoms with van der Waals surface area (Å²) in [7, 11) is 0. The Bertz CT molecular complexity index is 663. The largest absolute Gasteiger partial charge is 0.380 e. The van der Waals surface area contributed by atoms with Gasteiger partial charge in [-0.3, -0.25) is 4.79 Å². The first-order valence-electron chi connectivity index (χ1n) is 7.96. The van der Waals surface area contributed by atoms with Crippen molar-refractivity contribution in [3.63, 3.8) is 0 Å². The van der Waals surface area contributed by atoms with Crippen molar-refractivity contribution in [1.29, 1.82) is 0 Å². The van der Waals surface area contributed by atoms with Gasteiger partial charge in [-0.2, -0.15) is 4.98 Å². The fraction of sp³-hybridized carbons (Fsp3) is 0.471. The predicted molar refractivity (Wildman–Crippen MR) is 83.5 cm³/mol. The van der Waals surface area contributed by atoms with Gasteiger partial charge in [-0.25, -0.2) is 0 Å². The fourth-order valence-electron chi connectivity index (χ4n) is 2.87. The van der Waals surface area contributed by atoms with Crippen LogP contribution in [0.2, 0.25) is 0 Å². The van der Waals surface area contributed by atoms with Crippen LogP contribution in [0.4, 0.5) is 0 Å². The minimum atomic E-state index is -1.25. The zero-order valence-corrected chi connectivity index (χ0v) is 13.2. The second-order valence-corrected chi connectivity index (χ2v) is 6.15. The molecule has 1 atom stereocenters. The van der Waals surface area contributed by atoms with Crippen molar-refractivity contribution < 1.29 is 14.4 Å². The van der Waals surface area contributed by atoms with Gasteiger partial charge < -0.3 is 14.9 Å². The van der Waals surface area contributed by atoms with E-state index in [0.29, 0.717) is 31.0 Å². The van der Waals surface area contributed by atoms with Crippen molar-refractivity contribution in [1.82, 2.24) is 15.5 Å². The van der Waals surface area contributed by atoms with Crippen LogP contribution in [-0.4, -0.2) is 26.8 Å². The molecule has 1 heterocycles. The Morgan fingerprint density at radius 3 is 2.74 bits per heavy atom. The summed E-state index contributed by atoms with van der Waals surface area (Å²) in [6, 6.07) is 9.44. The molecular weight excluding hydrogens is 294 g/mol. The van der Waals surface area contributed by atoms with Gasteiger partial charge in [0, 0.05) is 6.42 Å². The molecule has 122 valence electrons. The van der Waals surface area contributed by atoms with Crippen LogP contribution < -0.4 is 5.32 Å². The molecule has 23 heavy (non-hydrogen) atoms. The van der Waals surface area contributed by atoms with E-state index >= 15 is 0 Å². The lowest BCUT2D eigenvalue weighted by molar-refractivity contribution is -0.140. The van der Waals surface area contributed by atoms with Gasteiger partial charge in [-0.1, -0.05) is 35.5 Å². The number of aliphatic hydroxyl groups is 1. The van der Waals surface area contributed by atoms with Gasteiger partial charge in [0.1, 0.15) is 11.6 Å².